The van der Waals surface area contributed by atoms with E-state index in [0.717, 1.165) is 16.7 Å². The number of rotatable bonds is 8. The smallest absolute Gasteiger partial charge is 0.250 e. The fourth-order valence-electron chi connectivity index (χ4n) is 7.01. The number of amides is 3. The highest BCUT2D eigenvalue weighted by Crippen LogP contribution is 2.64. The van der Waals surface area contributed by atoms with Crippen LogP contribution in [-0.4, -0.2) is 57.6 Å². The number of nitrogens with zero attached hydrogens (tertiary/aromatic N) is 1. The number of para-hydroxylation sites is 1. The molecular formula is C30H37N3O5. The van der Waals surface area contributed by atoms with E-state index in [-0.39, 0.29) is 24.3 Å². The molecule has 2 aromatic carbocycles. The first-order valence-electron chi connectivity index (χ1n) is 13.5. The number of aryl methyl sites for hydroxylation is 2. The maximum Gasteiger partial charge on any atom is 0.250 e. The van der Waals surface area contributed by atoms with Gasteiger partial charge in [0.2, 0.25) is 17.7 Å². The summed E-state index contributed by atoms with van der Waals surface area (Å²) < 4.78 is 6.77. The summed E-state index contributed by atoms with van der Waals surface area (Å²) in [4.78, 5) is 43.3. The van der Waals surface area contributed by atoms with Crippen molar-refractivity contribution in [1.29, 1.82) is 0 Å². The Hall–Kier alpha value is -3.23. The fraction of sp³-hybridized carbons (Fsp3) is 0.500. The zero-order chi connectivity index (χ0) is 27.2. The molecule has 1 spiro atoms. The van der Waals surface area contributed by atoms with E-state index < -0.39 is 35.1 Å². The van der Waals surface area contributed by atoms with Gasteiger partial charge in [0.1, 0.15) is 11.6 Å². The lowest BCUT2D eigenvalue weighted by Crippen LogP contribution is -2.56. The van der Waals surface area contributed by atoms with Crippen molar-refractivity contribution in [2.75, 3.05) is 11.9 Å². The Morgan fingerprint density at radius 1 is 1.08 bits per heavy atom. The minimum absolute atomic E-state index is 0.233. The molecule has 3 heterocycles. The molecule has 6 atom stereocenters. The van der Waals surface area contributed by atoms with E-state index in [9.17, 15) is 19.5 Å². The van der Waals surface area contributed by atoms with Crippen LogP contribution < -0.4 is 10.6 Å². The van der Waals surface area contributed by atoms with Crippen molar-refractivity contribution in [2.45, 2.75) is 76.8 Å². The Bertz CT molecular complexity index is 1230. The van der Waals surface area contributed by atoms with Crippen molar-refractivity contribution >= 4 is 23.4 Å². The minimum atomic E-state index is -1.13. The number of aliphatic hydroxyl groups is 1. The van der Waals surface area contributed by atoms with E-state index >= 15 is 0 Å². The van der Waals surface area contributed by atoms with Crippen molar-refractivity contribution in [1.82, 2.24) is 10.2 Å². The van der Waals surface area contributed by atoms with E-state index in [2.05, 4.69) is 10.6 Å². The molecule has 2 aromatic rings. The van der Waals surface area contributed by atoms with Crippen LogP contribution in [-0.2, 0) is 25.7 Å². The lowest BCUT2D eigenvalue weighted by Gasteiger charge is -2.36. The summed E-state index contributed by atoms with van der Waals surface area (Å²) in [6.45, 7) is 7.59. The van der Waals surface area contributed by atoms with Crippen LogP contribution in [0.1, 0.15) is 49.8 Å². The quantitative estimate of drug-likeness (QED) is 0.497. The standard InChI is InChI=1S/C30H37N3O5/c1-5-29-14-15-30(38-29)23(22(29)26(35)31-16-21-12-7-6-8-13-21)28(37)33(20(4)17-34)25(30)27(36)32-24-18(2)10-9-11-19(24)3/h6-13,20,22-23,25,34H,5,14-17H2,1-4H3,(H,31,35)(H,32,36)/t20-,22+,23+,25?,29-,30?/m1/s1. The topological polar surface area (TPSA) is 108 Å². The number of hydrogen-bond acceptors (Lipinski definition) is 5. The van der Waals surface area contributed by atoms with E-state index in [1.54, 1.807) is 6.92 Å². The van der Waals surface area contributed by atoms with Gasteiger partial charge >= 0.3 is 0 Å². The molecule has 0 aliphatic carbocycles. The van der Waals surface area contributed by atoms with Crippen molar-refractivity contribution in [3.05, 3.63) is 65.2 Å². The number of hydrogen-bond donors (Lipinski definition) is 3. The predicted molar refractivity (Wildman–Crippen MR) is 143 cm³/mol. The first-order valence-corrected chi connectivity index (χ1v) is 13.5. The van der Waals surface area contributed by atoms with Crippen LogP contribution in [0.15, 0.2) is 48.5 Å². The summed E-state index contributed by atoms with van der Waals surface area (Å²) in [5.74, 6) is -2.40. The summed E-state index contributed by atoms with van der Waals surface area (Å²) in [5, 5.41) is 16.2. The van der Waals surface area contributed by atoms with E-state index in [1.807, 2.05) is 69.3 Å². The second-order valence-electron chi connectivity index (χ2n) is 11.1. The first-order chi connectivity index (χ1) is 18.2. The highest BCUT2D eigenvalue weighted by atomic mass is 16.5. The number of likely N-dealkylation sites (tertiary alicyclic amines) is 1. The van der Waals surface area contributed by atoms with Gasteiger partial charge in [0, 0.05) is 12.2 Å². The van der Waals surface area contributed by atoms with Crippen molar-refractivity contribution in [2.24, 2.45) is 11.8 Å². The number of carbonyl (C=O) groups excluding carboxylic acids is 3. The fourth-order valence-corrected chi connectivity index (χ4v) is 7.01. The van der Waals surface area contributed by atoms with Crippen LogP contribution in [0.4, 0.5) is 5.69 Å². The molecule has 3 aliphatic rings. The highest BCUT2D eigenvalue weighted by Gasteiger charge is 2.78. The number of benzene rings is 2. The number of nitrogens with one attached hydrogen (secondary N) is 2. The summed E-state index contributed by atoms with van der Waals surface area (Å²) in [6, 6.07) is 13.8. The van der Waals surface area contributed by atoms with Gasteiger partial charge in [0.15, 0.2) is 0 Å². The third-order valence-corrected chi connectivity index (χ3v) is 8.93. The Labute approximate surface area is 223 Å². The Morgan fingerprint density at radius 3 is 2.39 bits per heavy atom. The summed E-state index contributed by atoms with van der Waals surface area (Å²) >= 11 is 0. The first kappa shape index (κ1) is 26.4. The predicted octanol–water partition coefficient (Wildman–Crippen LogP) is 3.09. The van der Waals surface area contributed by atoms with Gasteiger partial charge in [0.05, 0.1) is 30.1 Å². The van der Waals surface area contributed by atoms with Gasteiger partial charge in [0.25, 0.3) is 0 Å². The molecule has 2 unspecified atom stereocenters. The van der Waals surface area contributed by atoms with Gasteiger partial charge in [-0.05, 0) is 56.7 Å². The van der Waals surface area contributed by atoms with Crippen LogP contribution in [0, 0.1) is 25.7 Å². The average molecular weight is 520 g/mol. The monoisotopic (exact) mass is 519 g/mol. The maximum atomic E-state index is 14.1. The number of ether oxygens (including phenoxy) is 1. The van der Waals surface area contributed by atoms with Crippen LogP contribution >= 0.6 is 0 Å². The van der Waals surface area contributed by atoms with Gasteiger partial charge in [-0.25, -0.2) is 0 Å². The molecule has 3 N–H and O–H groups in total. The number of aliphatic hydroxyl groups excluding tert-OH is 1. The highest BCUT2D eigenvalue weighted by molar-refractivity contribution is 6.04. The number of fused-ring (bicyclic) bond motifs is 1. The largest absolute Gasteiger partial charge is 0.394 e. The molecule has 0 radical (unpaired) electrons. The Kier molecular flexibility index (Phi) is 6.82. The van der Waals surface area contributed by atoms with E-state index in [1.165, 1.54) is 4.90 Å². The third kappa shape index (κ3) is 3.93. The van der Waals surface area contributed by atoms with Crippen LogP contribution in [0.25, 0.3) is 0 Å². The molecule has 8 nitrogen and oxygen atoms in total. The second kappa shape index (κ2) is 9.82. The molecule has 202 valence electrons. The molecule has 2 bridgehead atoms. The maximum absolute atomic E-state index is 14.1. The molecule has 3 amide bonds. The molecular weight excluding hydrogens is 482 g/mol. The summed E-state index contributed by atoms with van der Waals surface area (Å²) in [5.41, 5.74) is 1.55. The number of anilines is 1. The third-order valence-electron chi connectivity index (χ3n) is 8.93. The number of carbonyl (C=O) groups is 3. The molecule has 3 fully saturated rings. The second-order valence-corrected chi connectivity index (χ2v) is 11.1. The molecule has 0 saturated carbocycles. The van der Waals surface area contributed by atoms with Gasteiger partial charge in [-0.3, -0.25) is 14.4 Å². The van der Waals surface area contributed by atoms with Crippen LogP contribution in [0.5, 0.6) is 0 Å². The van der Waals surface area contributed by atoms with Crippen LogP contribution in [0.3, 0.4) is 0 Å². The molecule has 3 saturated heterocycles. The van der Waals surface area contributed by atoms with Crippen molar-refractivity contribution in [3.8, 4) is 0 Å². The van der Waals surface area contributed by atoms with E-state index in [4.69, 9.17) is 4.74 Å². The average Bonchev–Trinajstić information content (AvgIpc) is 3.53. The SMILES string of the molecule is CC[C@]12CCC3(O1)C(C(=O)Nc1c(C)cccc1C)N([C@H](C)CO)C(=O)[C@@H]3[C@H]2C(=O)NCc1ccccc1. The normalized spacial score (nSPS) is 30.3. The Morgan fingerprint density at radius 2 is 1.76 bits per heavy atom. The lowest BCUT2D eigenvalue weighted by molar-refractivity contribution is -0.148. The van der Waals surface area contributed by atoms with Crippen molar-refractivity contribution < 1.29 is 24.2 Å². The van der Waals surface area contributed by atoms with Gasteiger partial charge in [-0.2, -0.15) is 0 Å². The molecule has 0 aromatic heterocycles. The zero-order valence-corrected chi connectivity index (χ0v) is 22.5. The Balaban J connectivity index is 1.51. The zero-order valence-electron chi connectivity index (χ0n) is 22.5. The lowest BCUT2D eigenvalue weighted by atomic mass is 9.65. The van der Waals surface area contributed by atoms with Gasteiger partial charge < -0.3 is 25.4 Å². The van der Waals surface area contributed by atoms with E-state index in [0.29, 0.717) is 31.5 Å². The summed E-state index contributed by atoms with van der Waals surface area (Å²) in [7, 11) is 0. The summed E-state index contributed by atoms with van der Waals surface area (Å²) in [6.07, 6.45) is 1.65. The van der Waals surface area contributed by atoms with Crippen molar-refractivity contribution in [3.63, 3.8) is 0 Å². The molecule has 3 aliphatic heterocycles. The molecule has 38 heavy (non-hydrogen) atoms. The van der Waals surface area contributed by atoms with Gasteiger partial charge in [-0.15, -0.1) is 0 Å². The molecule has 5 rings (SSSR count). The van der Waals surface area contributed by atoms with Gasteiger partial charge in [-0.1, -0.05) is 55.5 Å². The molecule has 8 heteroatoms. The van der Waals surface area contributed by atoms with Crippen LogP contribution in [0.2, 0.25) is 0 Å². The minimum Gasteiger partial charge on any atom is -0.394 e.